The summed E-state index contributed by atoms with van der Waals surface area (Å²) in [5, 5.41) is 0. The highest BCUT2D eigenvalue weighted by Crippen LogP contribution is 2.17. The summed E-state index contributed by atoms with van der Waals surface area (Å²) >= 11 is 0. The number of ether oxygens (including phenoxy) is 1. The van der Waals surface area contributed by atoms with Crippen LogP contribution < -0.4 is 10.5 Å². The van der Waals surface area contributed by atoms with E-state index in [0.29, 0.717) is 12.4 Å². The molecule has 0 fully saturated rings. The standard InChI is InChI=1S/C11H18N2O/c1-4-9(3)14-11-10(7-12)6-5-8(2)13-11/h5-6,9H,4,7,12H2,1-3H3. The van der Waals surface area contributed by atoms with E-state index in [2.05, 4.69) is 11.9 Å². The third kappa shape index (κ3) is 2.70. The van der Waals surface area contributed by atoms with Crippen LogP contribution in [-0.2, 0) is 6.54 Å². The highest BCUT2D eigenvalue weighted by Gasteiger charge is 2.07. The lowest BCUT2D eigenvalue weighted by Crippen LogP contribution is -2.13. The molecular weight excluding hydrogens is 176 g/mol. The lowest BCUT2D eigenvalue weighted by Gasteiger charge is -2.14. The van der Waals surface area contributed by atoms with Gasteiger partial charge in [-0.15, -0.1) is 0 Å². The van der Waals surface area contributed by atoms with E-state index in [1.807, 2.05) is 26.0 Å². The van der Waals surface area contributed by atoms with Crippen molar-refractivity contribution in [2.24, 2.45) is 5.73 Å². The summed E-state index contributed by atoms with van der Waals surface area (Å²) in [5.74, 6) is 0.682. The van der Waals surface area contributed by atoms with Crippen LogP contribution in [0.2, 0.25) is 0 Å². The summed E-state index contributed by atoms with van der Waals surface area (Å²) in [6.07, 6.45) is 1.16. The van der Waals surface area contributed by atoms with Crippen LogP contribution in [0.25, 0.3) is 0 Å². The largest absolute Gasteiger partial charge is 0.474 e. The van der Waals surface area contributed by atoms with Crippen LogP contribution in [0, 0.1) is 6.92 Å². The van der Waals surface area contributed by atoms with Gasteiger partial charge in [0.15, 0.2) is 0 Å². The Labute approximate surface area is 85.3 Å². The zero-order valence-corrected chi connectivity index (χ0v) is 9.08. The smallest absolute Gasteiger partial charge is 0.218 e. The number of pyridine rings is 1. The minimum absolute atomic E-state index is 0.189. The van der Waals surface area contributed by atoms with E-state index >= 15 is 0 Å². The SMILES string of the molecule is CCC(C)Oc1nc(C)ccc1CN. The number of nitrogens with zero attached hydrogens (tertiary/aromatic N) is 1. The number of nitrogens with two attached hydrogens (primary N) is 1. The van der Waals surface area contributed by atoms with Crippen molar-refractivity contribution < 1.29 is 4.74 Å². The molecule has 0 radical (unpaired) electrons. The van der Waals surface area contributed by atoms with Crippen LogP contribution in [0.1, 0.15) is 31.5 Å². The molecule has 1 rings (SSSR count). The van der Waals surface area contributed by atoms with Crippen molar-refractivity contribution in [1.82, 2.24) is 4.98 Å². The number of hydrogen-bond acceptors (Lipinski definition) is 3. The van der Waals surface area contributed by atoms with Gasteiger partial charge in [0.25, 0.3) is 0 Å². The minimum atomic E-state index is 0.189. The monoisotopic (exact) mass is 194 g/mol. The molecule has 0 saturated heterocycles. The Morgan fingerprint density at radius 3 is 2.79 bits per heavy atom. The van der Waals surface area contributed by atoms with Crippen LogP contribution in [0.3, 0.4) is 0 Å². The van der Waals surface area contributed by atoms with Gasteiger partial charge in [-0.05, 0) is 26.3 Å². The van der Waals surface area contributed by atoms with Gasteiger partial charge in [-0.2, -0.15) is 0 Å². The van der Waals surface area contributed by atoms with Crippen molar-refractivity contribution in [2.75, 3.05) is 0 Å². The van der Waals surface area contributed by atoms with Gasteiger partial charge >= 0.3 is 0 Å². The molecule has 1 heterocycles. The predicted octanol–water partition coefficient (Wildman–Crippen LogP) is 2.03. The van der Waals surface area contributed by atoms with E-state index < -0.39 is 0 Å². The molecule has 1 aromatic heterocycles. The van der Waals surface area contributed by atoms with Gasteiger partial charge < -0.3 is 10.5 Å². The van der Waals surface area contributed by atoms with Gasteiger partial charge in [-0.1, -0.05) is 13.0 Å². The maximum atomic E-state index is 5.68. The molecule has 78 valence electrons. The summed E-state index contributed by atoms with van der Waals surface area (Å²) in [5.41, 5.74) is 7.53. The van der Waals surface area contributed by atoms with Crippen molar-refractivity contribution in [1.29, 1.82) is 0 Å². The average molecular weight is 194 g/mol. The Bertz CT molecular complexity index is 299. The number of aromatic nitrogens is 1. The predicted molar refractivity (Wildman–Crippen MR) is 57.2 cm³/mol. The molecule has 0 saturated carbocycles. The van der Waals surface area contributed by atoms with Crippen molar-refractivity contribution in [3.63, 3.8) is 0 Å². The third-order valence-electron chi connectivity index (χ3n) is 2.19. The van der Waals surface area contributed by atoms with Crippen molar-refractivity contribution in [3.05, 3.63) is 23.4 Å². The Morgan fingerprint density at radius 1 is 1.50 bits per heavy atom. The Hall–Kier alpha value is -1.09. The fourth-order valence-electron chi connectivity index (χ4n) is 1.09. The van der Waals surface area contributed by atoms with Gasteiger partial charge in [0, 0.05) is 17.8 Å². The molecule has 0 bridgehead atoms. The number of aryl methyl sites for hydroxylation is 1. The van der Waals surface area contributed by atoms with Crippen LogP contribution in [-0.4, -0.2) is 11.1 Å². The molecule has 0 aliphatic heterocycles. The van der Waals surface area contributed by atoms with E-state index in [1.54, 1.807) is 0 Å². The average Bonchev–Trinajstić information content (AvgIpc) is 2.18. The zero-order chi connectivity index (χ0) is 10.6. The highest BCUT2D eigenvalue weighted by atomic mass is 16.5. The van der Waals surface area contributed by atoms with Crippen LogP contribution in [0.4, 0.5) is 0 Å². The normalized spacial score (nSPS) is 12.6. The second-order valence-corrected chi connectivity index (χ2v) is 3.46. The summed E-state index contributed by atoms with van der Waals surface area (Å²) in [6, 6.07) is 3.92. The first-order valence-electron chi connectivity index (χ1n) is 5.00. The number of rotatable bonds is 4. The van der Waals surface area contributed by atoms with E-state index in [-0.39, 0.29) is 6.10 Å². The molecule has 3 nitrogen and oxygen atoms in total. The second kappa shape index (κ2) is 4.96. The second-order valence-electron chi connectivity index (χ2n) is 3.46. The topological polar surface area (TPSA) is 48.1 Å². The maximum absolute atomic E-state index is 5.68. The van der Waals surface area contributed by atoms with E-state index in [9.17, 15) is 0 Å². The zero-order valence-electron chi connectivity index (χ0n) is 9.08. The molecule has 14 heavy (non-hydrogen) atoms. The molecule has 2 N–H and O–H groups in total. The first-order valence-corrected chi connectivity index (χ1v) is 5.00. The molecule has 0 aromatic carbocycles. The van der Waals surface area contributed by atoms with Crippen LogP contribution in [0.5, 0.6) is 5.88 Å². The minimum Gasteiger partial charge on any atom is -0.474 e. The molecule has 0 aliphatic rings. The highest BCUT2D eigenvalue weighted by molar-refractivity contribution is 5.27. The first-order chi connectivity index (χ1) is 6.67. The maximum Gasteiger partial charge on any atom is 0.218 e. The van der Waals surface area contributed by atoms with Crippen molar-refractivity contribution in [3.8, 4) is 5.88 Å². The molecule has 0 aliphatic carbocycles. The Morgan fingerprint density at radius 2 is 2.21 bits per heavy atom. The molecule has 1 unspecified atom stereocenters. The molecular formula is C11H18N2O. The van der Waals surface area contributed by atoms with Crippen molar-refractivity contribution in [2.45, 2.75) is 39.8 Å². The number of hydrogen-bond donors (Lipinski definition) is 1. The van der Waals surface area contributed by atoms with Crippen LogP contribution in [0.15, 0.2) is 12.1 Å². The summed E-state index contributed by atoms with van der Waals surface area (Å²) < 4.78 is 5.68. The van der Waals surface area contributed by atoms with Gasteiger partial charge in [0.05, 0.1) is 6.10 Å². The molecule has 1 atom stereocenters. The lowest BCUT2D eigenvalue weighted by molar-refractivity contribution is 0.206. The van der Waals surface area contributed by atoms with Crippen LogP contribution >= 0.6 is 0 Å². The molecule has 1 aromatic rings. The molecule has 0 spiro atoms. The van der Waals surface area contributed by atoms with Gasteiger partial charge in [-0.25, -0.2) is 4.98 Å². The Balaban J connectivity index is 2.87. The van der Waals surface area contributed by atoms with E-state index in [1.165, 1.54) is 0 Å². The van der Waals surface area contributed by atoms with Gasteiger partial charge in [0.2, 0.25) is 5.88 Å². The van der Waals surface area contributed by atoms with Gasteiger partial charge in [-0.3, -0.25) is 0 Å². The van der Waals surface area contributed by atoms with Gasteiger partial charge in [0.1, 0.15) is 0 Å². The first kappa shape index (κ1) is 11.0. The third-order valence-corrected chi connectivity index (χ3v) is 2.19. The summed E-state index contributed by atoms with van der Waals surface area (Å²) in [4.78, 5) is 4.33. The van der Waals surface area contributed by atoms with E-state index in [0.717, 1.165) is 17.7 Å². The van der Waals surface area contributed by atoms with Crippen molar-refractivity contribution >= 4 is 0 Å². The summed E-state index contributed by atoms with van der Waals surface area (Å²) in [7, 11) is 0. The fourth-order valence-corrected chi connectivity index (χ4v) is 1.09. The lowest BCUT2D eigenvalue weighted by atomic mass is 10.2. The molecule has 0 amide bonds. The fraction of sp³-hybridized carbons (Fsp3) is 0.545. The van der Waals surface area contributed by atoms with E-state index in [4.69, 9.17) is 10.5 Å². The summed E-state index contributed by atoms with van der Waals surface area (Å²) in [6.45, 7) is 6.54. The molecule has 3 heteroatoms. The Kier molecular flexibility index (Phi) is 3.89. The quantitative estimate of drug-likeness (QED) is 0.797.